The van der Waals surface area contributed by atoms with Crippen molar-refractivity contribution in [1.29, 1.82) is 0 Å². The van der Waals surface area contributed by atoms with Crippen LogP contribution in [0.25, 0.3) is 0 Å². The summed E-state index contributed by atoms with van der Waals surface area (Å²) in [6.45, 7) is 9.56. The maximum atomic E-state index is 6.30. The van der Waals surface area contributed by atoms with Crippen LogP contribution in [0.4, 0.5) is 0 Å². The normalized spacial score (nSPS) is 35.2. The number of rotatable bonds is 3. The molecule has 0 radical (unpaired) electrons. The van der Waals surface area contributed by atoms with Crippen molar-refractivity contribution < 1.29 is 9.47 Å². The molecule has 0 aromatic heterocycles. The van der Waals surface area contributed by atoms with Gasteiger partial charge < -0.3 is 9.47 Å². The maximum Gasteiger partial charge on any atom is 0.0723 e. The Kier molecular flexibility index (Phi) is 3.42. The number of hydrogen-bond donors (Lipinski definition) is 0. The van der Waals surface area contributed by atoms with Gasteiger partial charge in [-0.15, -0.1) is 0 Å². The van der Waals surface area contributed by atoms with Crippen LogP contribution >= 0.6 is 0 Å². The van der Waals surface area contributed by atoms with Crippen LogP contribution in [0.5, 0.6) is 0 Å². The molecule has 2 bridgehead atoms. The Morgan fingerprint density at radius 3 is 2.65 bits per heavy atom. The fourth-order valence-corrected chi connectivity index (χ4v) is 4.06. The largest absolute Gasteiger partial charge is 0.373 e. The van der Waals surface area contributed by atoms with Crippen LogP contribution in [0.15, 0.2) is 24.3 Å². The number of aryl methyl sites for hydroxylation is 1. The van der Waals surface area contributed by atoms with Crippen LogP contribution in [-0.2, 0) is 16.1 Å². The van der Waals surface area contributed by atoms with Crippen molar-refractivity contribution >= 4 is 0 Å². The fourth-order valence-electron chi connectivity index (χ4n) is 4.06. The van der Waals surface area contributed by atoms with Crippen LogP contribution in [0.1, 0.15) is 51.2 Å². The lowest BCUT2D eigenvalue weighted by molar-refractivity contribution is -0.273. The van der Waals surface area contributed by atoms with E-state index in [0.717, 1.165) is 13.0 Å². The second kappa shape index (κ2) is 4.85. The molecular weight excluding hydrogens is 248 g/mol. The molecule has 3 atom stereocenters. The van der Waals surface area contributed by atoms with Gasteiger partial charge in [0.2, 0.25) is 0 Å². The first-order valence-electron chi connectivity index (χ1n) is 7.76. The van der Waals surface area contributed by atoms with E-state index in [-0.39, 0.29) is 11.2 Å². The Bertz CT molecular complexity index is 491. The summed E-state index contributed by atoms with van der Waals surface area (Å²) in [6.07, 6.45) is 3.76. The zero-order chi connectivity index (χ0) is 14.4. The second-order valence-electron chi connectivity index (χ2n) is 7.28. The predicted octanol–water partition coefficient (Wildman–Crippen LogP) is 4.25. The van der Waals surface area contributed by atoms with Gasteiger partial charge >= 0.3 is 0 Å². The van der Waals surface area contributed by atoms with Gasteiger partial charge in [0.1, 0.15) is 0 Å². The van der Waals surface area contributed by atoms with Gasteiger partial charge in [0.15, 0.2) is 0 Å². The van der Waals surface area contributed by atoms with Crippen molar-refractivity contribution in [3.63, 3.8) is 0 Å². The van der Waals surface area contributed by atoms with E-state index in [2.05, 4.69) is 52.0 Å². The maximum absolute atomic E-state index is 6.30. The van der Waals surface area contributed by atoms with Gasteiger partial charge in [-0.05, 0) is 51.7 Å². The average Bonchev–Trinajstić information content (AvgIpc) is 2.35. The van der Waals surface area contributed by atoms with Crippen molar-refractivity contribution in [3.8, 4) is 0 Å². The summed E-state index contributed by atoms with van der Waals surface area (Å²) in [7, 11) is 0. The Labute approximate surface area is 122 Å². The summed E-state index contributed by atoms with van der Waals surface area (Å²) < 4.78 is 12.6. The van der Waals surface area contributed by atoms with Crippen LogP contribution in [0.3, 0.4) is 0 Å². The Hall–Kier alpha value is -0.860. The lowest BCUT2D eigenvalue weighted by atomic mass is 9.67. The van der Waals surface area contributed by atoms with Gasteiger partial charge in [-0.3, -0.25) is 0 Å². The molecule has 0 amide bonds. The van der Waals surface area contributed by atoms with Gasteiger partial charge in [-0.25, -0.2) is 0 Å². The number of benzene rings is 1. The van der Waals surface area contributed by atoms with Crippen molar-refractivity contribution in [2.75, 3.05) is 0 Å². The first-order valence-corrected chi connectivity index (χ1v) is 7.76. The van der Waals surface area contributed by atoms with E-state index >= 15 is 0 Å². The van der Waals surface area contributed by atoms with Gasteiger partial charge in [0.25, 0.3) is 0 Å². The summed E-state index contributed by atoms with van der Waals surface area (Å²) in [5, 5.41) is 0. The van der Waals surface area contributed by atoms with Gasteiger partial charge in [0.05, 0.1) is 23.9 Å². The van der Waals surface area contributed by atoms with Gasteiger partial charge in [-0.1, -0.05) is 24.3 Å². The zero-order valence-corrected chi connectivity index (χ0v) is 13.1. The SMILES string of the molecule is Cc1ccccc1CO[C@H]1C[C@@]2(C)CC[C@@H]1C(C)(C)O2. The molecular formula is C18H26O2. The molecule has 0 unspecified atom stereocenters. The molecule has 3 aliphatic rings. The van der Waals surface area contributed by atoms with Gasteiger partial charge in [-0.2, -0.15) is 0 Å². The third-order valence-electron chi connectivity index (χ3n) is 5.18. The third-order valence-corrected chi connectivity index (χ3v) is 5.18. The highest BCUT2D eigenvalue weighted by molar-refractivity contribution is 5.24. The topological polar surface area (TPSA) is 18.5 Å². The minimum absolute atomic E-state index is 0.00858. The predicted molar refractivity (Wildman–Crippen MR) is 80.7 cm³/mol. The molecule has 1 aromatic carbocycles. The van der Waals surface area contributed by atoms with Crippen LogP contribution in [0, 0.1) is 12.8 Å². The molecule has 1 aliphatic carbocycles. The molecule has 110 valence electrons. The number of ether oxygens (including phenoxy) is 2. The van der Waals surface area contributed by atoms with Crippen molar-refractivity contribution in [1.82, 2.24) is 0 Å². The molecule has 2 heterocycles. The standard InChI is InChI=1S/C18H26O2/c1-13-7-5-6-8-14(13)12-19-16-11-18(4)10-9-15(16)17(2,3)20-18/h5-8,15-16H,9-12H2,1-4H3/t15-,16-,18+/m0/s1. The number of fused-ring (bicyclic) bond motifs is 3. The smallest absolute Gasteiger partial charge is 0.0723 e. The Morgan fingerprint density at radius 2 is 2.00 bits per heavy atom. The van der Waals surface area contributed by atoms with E-state index in [1.807, 2.05) is 0 Å². The molecule has 4 rings (SSSR count). The van der Waals surface area contributed by atoms with E-state index in [4.69, 9.17) is 9.47 Å². The molecule has 20 heavy (non-hydrogen) atoms. The highest BCUT2D eigenvalue weighted by atomic mass is 16.5. The summed E-state index contributed by atoms with van der Waals surface area (Å²) in [5.74, 6) is 0.522. The molecule has 3 fully saturated rings. The van der Waals surface area contributed by atoms with Crippen LogP contribution < -0.4 is 0 Å². The van der Waals surface area contributed by atoms with E-state index in [1.54, 1.807) is 0 Å². The Morgan fingerprint density at radius 1 is 1.25 bits per heavy atom. The zero-order valence-electron chi connectivity index (χ0n) is 13.1. The van der Waals surface area contributed by atoms with E-state index in [0.29, 0.717) is 12.0 Å². The van der Waals surface area contributed by atoms with E-state index in [1.165, 1.54) is 24.0 Å². The molecule has 2 heteroatoms. The minimum Gasteiger partial charge on any atom is -0.373 e. The van der Waals surface area contributed by atoms with Crippen molar-refractivity contribution in [3.05, 3.63) is 35.4 Å². The summed E-state index contributed by atoms with van der Waals surface area (Å²) in [4.78, 5) is 0. The second-order valence-corrected chi connectivity index (χ2v) is 7.28. The molecule has 2 aliphatic heterocycles. The molecule has 1 aromatic rings. The first kappa shape index (κ1) is 14.1. The van der Waals surface area contributed by atoms with Gasteiger partial charge in [0, 0.05) is 12.3 Å². The quantitative estimate of drug-likeness (QED) is 0.820. The third kappa shape index (κ3) is 2.51. The van der Waals surface area contributed by atoms with Crippen molar-refractivity contribution in [2.45, 2.75) is 70.9 Å². The molecule has 2 saturated heterocycles. The lowest BCUT2D eigenvalue weighted by Crippen LogP contribution is -2.60. The average molecular weight is 274 g/mol. The summed E-state index contributed by atoms with van der Waals surface area (Å²) >= 11 is 0. The fraction of sp³-hybridized carbons (Fsp3) is 0.667. The number of hydrogen-bond acceptors (Lipinski definition) is 2. The molecule has 0 N–H and O–H groups in total. The van der Waals surface area contributed by atoms with E-state index < -0.39 is 0 Å². The monoisotopic (exact) mass is 274 g/mol. The highest BCUT2D eigenvalue weighted by Crippen LogP contribution is 2.50. The van der Waals surface area contributed by atoms with Crippen LogP contribution in [-0.4, -0.2) is 17.3 Å². The first-order chi connectivity index (χ1) is 9.40. The highest BCUT2D eigenvalue weighted by Gasteiger charge is 2.53. The molecule has 0 spiro atoms. The summed E-state index contributed by atoms with van der Waals surface area (Å²) in [6, 6.07) is 8.49. The van der Waals surface area contributed by atoms with Crippen molar-refractivity contribution in [2.24, 2.45) is 5.92 Å². The molecule has 2 nitrogen and oxygen atoms in total. The minimum atomic E-state index is -0.0539. The lowest BCUT2D eigenvalue weighted by Gasteiger charge is -2.57. The molecule has 1 saturated carbocycles. The summed E-state index contributed by atoms with van der Waals surface area (Å²) in [5.41, 5.74) is 2.57. The van der Waals surface area contributed by atoms with Crippen LogP contribution in [0.2, 0.25) is 0 Å². The Balaban J connectivity index is 1.71. The van der Waals surface area contributed by atoms with E-state index in [9.17, 15) is 0 Å².